The third kappa shape index (κ3) is 3.88. The second-order valence-corrected chi connectivity index (χ2v) is 5.46. The van der Waals surface area contributed by atoms with E-state index in [0.717, 1.165) is 0 Å². The number of carbonyl (C=O) groups excluding carboxylic acids is 2. The van der Waals surface area contributed by atoms with Gasteiger partial charge in [0.25, 0.3) is 5.09 Å². The van der Waals surface area contributed by atoms with Crippen molar-refractivity contribution in [2.45, 2.75) is 26.3 Å². The zero-order valence-electron chi connectivity index (χ0n) is 9.60. The van der Waals surface area contributed by atoms with Crippen molar-refractivity contribution in [3.8, 4) is 0 Å². The third-order valence-electron chi connectivity index (χ3n) is 2.39. The summed E-state index contributed by atoms with van der Waals surface area (Å²) in [7, 11) is 0. The zero-order chi connectivity index (χ0) is 13.1. The van der Waals surface area contributed by atoms with E-state index in [1.165, 1.54) is 25.6 Å². The molecule has 17 heavy (non-hydrogen) atoms. The van der Waals surface area contributed by atoms with E-state index >= 15 is 0 Å². The van der Waals surface area contributed by atoms with Crippen LogP contribution in [-0.2, 0) is 14.4 Å². The molecule has 8 heteroatoms. The summed E-state index contributed by atoms with van der Waals surface area (Å²) in [5.41, 5.74) is -1.04. The Morgan fingerprint density at radius 2 is 2.35 bits per heavy atom. The van der Waals surface area contributed by atoms with Crippen LogP contribution in [0.1, 0.15) is 20.3 Å². The van der Waals surface area contributed by atoms with E-state index in [1.807, 2.05) is 0 Å². The second kappa shape index (κ2) is 5.35. The Labute approximate surface area is 102 Å². The molecule has 1 fully saturated rings. The average Bonchev–Trinajstić information content (AvgIpc) is 2.62. The van der Waals surface area contributed by atoms with Crippen molar-refractivity contribution < 1.29 is 19.5 Å². The molecule has 1 unspecified atom stereocenters. The van der Waals surface area contributed by atoms with Crippen LogP contribution in [-0.4, -0.2) is 34.5 Å². The molecular weight excluding hydrogens is 248 g/mol. The Kier molecular flexibility index (Phi) is 4.33. The number of thioether (sulfide) groups is 1. The Balaban J connectivity index is 2.50. The quantitative estimate of drug-likeness (QED) is 0.567. The smallest absolute Gasteiger partial charge is 0.294 e. The summed E-state index contributed by atoms with van der Waals surface area (Å²) < 4.78 is 0. The SMILES string of the molecule is CC(C)(CO[N+](=O)[O-])C(=O)NC1CCSC1=O. The van der Waals surface area contributed by atoms with Crippen LogP contribution >= 0.6 is 11.8 Å². The van der Waals surface area contributed by atoms with Crippen molar-refractivity contribution >= 4 is 22.8 Å². The Morgan fingerprint density at radius 1 is 1.71 bits per heavy atom. The molecule has 1 atom stereocenters. The minimum Gasteiger partial charge on any atom is -0.345 e. The molecule has 0 aliphatic carbocycles. The highest BCUT2D eigenvalue weighted by Crippen LogP contribution is 2.22. The fourth-order valence-corrected chi connectivity index (χ4v) is 2.19. The molecule has 0 aromatic heterocycles. The minimum absolute atomic E-state index is 0.0654. The Morgan fingerprint density at radius 3 is 2.82 bits per heavy atom. The van der Waals surface area contributed by atoms with Gasteiger partial charge in [0.2, 0.25) is 11.0 Å². The number of hydrogen-bond acceptors (Lipinski definition) is 6. The van der Waals surface area contributed by atoms with Gasteiger partial charge in [-0.2, -0.15) is 0 Å². The highest BCUT2D eigenvalue weighted by atomic mass is 32.2. The monoisotopic (exact) mass is 262 g/mol. The lowest BCUT2D eigenvalue weighted by atomic mass is 9.93. The summed E-state index contributed by atoms with van der Waals surface area (Å²) in [5, 5.41) is 11.6. The van der Waals surface area contributed by atoms with Gasteiger partial charge in [0.15, 0.2) is 0 Å². The fraction of sp³-hybridized carbons (Fsp3) is 0.778. The van der Waals surface area contributed by atoms with E-state index < -0.39 is 22.5 Å². The van der Waals surface area contributed by atoms with E-state index in [4.69, 9.17) is 0 Å². The van der Waals surface area contributed by atoms with E-state index in [-0.39, 0.29) is 11.7 Å². The molecule has 1 aliphatic heterocycles. The van der Waals surface area contributed by atoms with Crippen LogP contribution in [0.15, 0.2) is 0 Å². The molecule has 0 aromatic rings. The van der Waals surface area contributed by atoms with Gasteiger partial charge >= 0.3 is 0 Å². The van der Waals surface area contributed by atoms with E-state index in [0.29, 0.717) is 12.2 Å². The van der Waals surface area contributed by atoms with Crippen molar-refractivity contribution in [1.82, 2.24) is 5.32 Å². The van der Waals surface area contributed by atoms with Gasteiger partial charge < -0.3 is 10.2 Å². The van der Waals surface area contributed by atoms with E-state index in [1.54, 1.807) is 0 Å². The maximum absolute atomic E-state index is 11.8. The molecule has 0 aromatic carbocycles. The summed E-state index contributed by atoms with van der Waals surface area (Å²) in [4.78, 5) is 37.4. The van der Waals surface area contributed by atoms with Gasteiger partial charge in [-0.3, -0.25) is 9.59 Å². The van der Waals surface area contributed by atoms with Gasteiger partial charge in [0.05, 0.1) is 11.5 Å². The molecule has 7 nitrogen and oxygen atoms in total. The summed E-state index contributed by atoms with van der Waals surface area (Å²) in [6.45, 7) is 2.72. The van der Waals surface area contributed by atoms with Crippen molar-refractivity contribution in [3.05, 3.63) is 10.1 Å². The second-order valence-electron chi connectivity index (χ2n) is 4.36. The van der Waals surface area contributed by atoms with Crippen LogP contribution in [0.5, 0.6) is 0 Å². The standard InChI is InChI=1S/C9H14N2O5S/c1-9(2,5-16-11(14)15)8(13)10-6-3-4-17-7(6)12/h6H,3-5H2,1-2H3,(H,10,13). The molecule has 1 saturated heterocycles. The van der Waals surface area contributed by atoms with Gasteiger partial charge in [-0.05, 0) is 20.3 Å². The number of hydrogen-bond donors (Lipinski definition) is 1. The fourth-order valence-electron chi connectivity index (χ4n) is 1.26. The van der Waals surface area contributed by atoms with Crippen LogP contribution in [0.25, 0.3) is 0 Å². The molecule has 1 aliphatic rings. The Bertz CT molecular complexity index is 344. The molecule has 1 heterocycles. The predicted molar refractivity (Wildman–Crippen MR) is 60.7 cm³/mol. The molecule has 0 bridgehead atoms. The molecule has 96 valence electrons. The highest BCUT2D eigenvalue weighted by molar-refractivity contribution is 8.14. The lowest BCUT2D eigenvalue weighted by Gasteiger charge is -2.23. The van der Waals surface area contributed by atoms with Crippen molar-refractivity contribution in [3.63, 3.8) is 0 Å². The third-order valence-corrected chi connectivity index (χ3v) is 3.40. The van der Waals surface area contributed by atoms with E-state index in [9.17, 15) is 19.7 Å². The van der Waals surface area contributed by atoms with Gasteiger partial charge in [0.1, 0.15) is 6.61 Å². The van der Waals surface area contributed by atoms with Crippen molar-refractivity contribution in [2.75, 3.05) is 12.4 Å². The average molecular weight is 262 g/mol. The number of nitrogens with zero attached hydrogens (tertiary/aromatic N) is 1. The van der Waals surface area contributed by atoms with Crippen molar-refractivity contribution in [1.29, 1.82) is 0 Å². The molecular formula is C9H14N2O5S. The van der Waals surface area contributed by atoms with Gasteiger partial charge in [-0.1, -0.05) is 11.8 Å². The molecule has 0 saturated carbocycles. The number of rotatable bonds is 5. The maximum Gasteiger partial charge on any atom is 0.294 e. The van der Waals surface area contributed by atoms with Crippen LogP contribution in [0.3, 0.4) is 0 Å². The predicted octanol–water partition coefficient (Wildman–Crippen LogP) is 0.369. The first kappa shape index (κ1) is 13.8. The van der Waals surface area contributed by atoms with Gasteiger partial charge in [-0.25, -0.2) is 0 Å². The lowest BCUT2D eigenvalue weighted by molar-refractivity contribution is -0.760. The summed E-state index contributed by atoms with van der Waals surface area (Å²) in [5.74, 6) is 0.274. The summed E-state index contributed by atoms with van der Waals surface area (Å²) in [6.07, 6.45) is 0.599. The first-order valence-corrected chi connectivity index (χ1v) is 6.06. The normalized spacial score (nSPS) is 20.1. The molecule has 1 N–H and O–H groups in total. The summed E-state index contributed by atoms with van der Waals surface area (Å²) in [6, 6.07) is -0.484. The molecule has 1 rings (SSSR count). The molecule has 0 radical (unpaired) electrons. The topological polar surface area (TPSA) is 98.5 Å². The summed E-state index contributed by atoms with van der Waals surface area (Å²) >= 11 is 1.18. The zero-order valence-corrected chi connectivity index (χ0v) is 10.4. The first-order chi connectivity index (χ1) is 7.83. The largest absolute Gasteiger partial charge is 0.345 e. The van der Waals surface area contributed by atoms with Crippen LogP contribution in [0.2, 0.25) is 0 Å². The van der Waals surface area contributed by atoms with Gasteiger partial charge in [0, 0.05) is 5.75 Å². The minimum atomic E-state index is -1.04. The van der Waals surface area contributed by atoms with Crippen LogP contribution in [0, 0.1) is 15.5 Å². The number of nitrogens with one attached hydrogen (secondary N) is 1. The first-order valence-electron chi connectivity index (χ1n) is 5.08. The van der Waals surface area contributed by atoms with Crippen LogP contribution in [0.4, 0.5) is 0 Å². The Hall–Kier alpha value is -1.31. The highest BCUT2D eigenvalue weighted by Gasteiger charge is 2.34. The number of amides is 1. The lowest BCUT2D eigenvalue weighted by Crippen LogP contribution is -2.46. The van der Waals surface area contributed by atoms with Crippen molar-refractivity contribution in [2.24, 2.45) is 5.41 Å². The van der Waals surface area contributed by atoms with E-state index in [2.05, 4.69) is 10.2 Å². The van der Waals surface area contributed by atoms with Crippen LogP contribution < -0.4 is 5.32 Å². The number of carbonyl (C=O) groups is 2. The maximum atomic E-state index is 11.8. The van der Waals surface area contributed by atoms with Gasteiger partial charge in [-0.15, -0.1) is 10.1 Å². The molecule has 1 amide bonds. The molecule has 0 spiro atoms.